The van der Waals surface area contributed by atoms with E-state index in [0.717, 1.165) is 0 Å². The van der Waals surface area contributed by atoms with E-state index in [9.17, 15) is 14.7 Å². The number of ether oxygens (including phenoxy) is 2. The van der Waals surface area contributed by atoms with E-state index in [0.29, 0.717) is 18.8 Å². The van der Waals surface area contributed by atoms with Crippen LogP contribution in [0.5, 0.6) is 5.75 Å². The second-order valence-electron chi connectivity index (χ2n) is 7.33. The minimum absolute atomic E-state index is 0.0528. The molecule has 25 heavy (non-hydrogen) atoms. The Kier molecular flexibility index (Phi) is 5.57. The summed E-state index contributed by atoms with van der Waals surface area (Å²) in [6.45, 7) is 10.0. The molecule has 1 fully saturated rings. The van der Waals surface area contributed by atoms with Gasteiger partial charge < -0.3 is 19.5 Å². The van der Waals surface area contributed by atoms with Crippen LogP contribution in [0.3, 0.4) is 0 Å². The summed E-state index contributed by atoms with van der Waals surface area (Å²) in [6.07, 6.45) is -0.729. The van der Waals surface area contributed by atoms with Crippen LogP contribution in [0.25, 0.3) is 0 Å². The maximum atomic E-state index is 12.6. The lowest BCUT2D eigenvalue weighted by Gasteiger charge is -2.35. The van der Waals surface area contributed by atoms with Crippen molar-refractivity contribution in [3.05, 3.63) is 23.8 Å². The highest BCUT2D eigenvalue weighted by molar-refractivity contribution is 5.98. The van der Waals surface area contributed by atoms with Crippen molar-refractivity contribution in [2.45, 2.75) is 52.4 Å². The Morgan fingerprint density at radius 3 is 2.36 bits per heavy atom. The molecule has 0 bridgehead atoms. The predicted molar refractivity (Wildman–Crippen MR) is 93.9 cm³/mol. The molecule has 0 aliphatic carbocycles. The molecule has 1 aliphatic heterocycles. The van der Waals surface area contributed by atoms with Gasteiger partial charge in [0.15, 0.2) is 0 Å². The maximum Gasteiger partial charge on any atom is 0.412 e. The molecule has 2 unspecified atom stereocenters. The van der Waals surface area contributed by atoms with Gasteiger partial charge in [-0.05, 0) is 46.8 Å². The molecular formula is C18H26N2O5. The Hall–Kier alpha value is -2.28. The third-order valence-corrected chi connectivity index (χ3v) is 3.58. The van der Waals surface area contributed by atoms with Gasteiger partial charge in [0.2, 0.25) is 0 Å². The molecule has 7 nitrogen and oxygen atoms in total. The van der Waals surface area contributed by atoms with E-state index >= 15 is 0 Å². The zero-order valence-electron chi connectivity index (χ0n) is 15.3. The number of hydrogen-bond donors (Lipinski definition) is 2. The van der Waals surface area contributed by atoms with Crippen LogP contribution in [0.2, 0.25) is 0 Å². The highest BCUT2D eigenvalue weighted by atomic mass is 16.6. The fraction of sp³-hybridized carbons (Fsp3) is 0.556. The number of benzene rings is 1. The summed E-state index contributed by atoms with van der Waals surface area (Å²) in [5.41, 5.74) is -0.0748. The van der Waals surface area contributed by atoms with Crippen LogP contribution in [0, 0.1) is 0 Å². The number of phenolic OH excluding ortho intramolecular Hbond substituents is 1. The fourth-order valence-electron chi connectivity index (χ4n) is 2.73. The quantitative estimate of drug-likeness (QED) is 0.856. The molecule has 0 radical (unpaired) electrons. The third-order valence-electron chi connectivity index (χ3n) is 3.58. The smallest absolute Gasteiger partial charge is 0.412 e. The predicted octanol–water partition coefficient (Wildman–Crippen LogP) is 2.99. The summed E-state index contributed by atoms with van der Waals surface area (Å²) in [7, 11) is 0. The van der Waals surface area contributed by atoms with Crippen LogP contribution in [-0.2, 0) is 9.47 Å². The number of rotatable bonds is 2. The number of anilines is 1. The molecule has 1 aliphatic rings. The summed E-state index contributed by atoms with van der Waals surface area (Å²) >= 11 is 0. The first-order valence-electron chi connectivity index (χ1n) is 8.33. The van der Waals surface area contributed by atoms with Gasteiger partial charge in [0.05, 0.1) is 17.8 Å². The van der Waals surface area contributed by atoms with Gasteiger partial charge in [0.25, 0.3) is 5.91 Å². The van der Waals surface area contributed by atoms with E-state index in [1.54, 1.807) is 31.7 Å². The van der Waals surface area contributed by atoms with Crippen molar-refractivity contribution >= 4 is 17.7 Å². The average molecular weight is 350 g/mol. The minimum Gasteiger partial charge on any atom is -0.507 e. The Balaban J connectivity index is 2.08. The van der Waals surface area contributed by atoms with Gasteiger partial charge in [0, 0.05) is 24.8 Å². The summed E-state index contributed by atoms with van der Waals surface area (Å²) in [4.78, 5) is 26.1. The Morgan fingerprint density at radius 2 is 1.84 bits per heavy atom. The molecule has 2 amide bonds. The first-order chi connectivity index (χ1) is 11.5. The van der Waals surface area contributed by atoms with Crippen molar-refractivity contribution in [2.24, 2.45) is 0 Å². The lowest BCUT2D eigenvalue weighted by molar-refractivity contribution is -0.0586. The normalized spacial score (nSPS) is 20.9. The largest absolute Gasteiger partial charge is 0.507 e. The molecule has 7 heteroatoms. The first kappa shape index (κ1) is 19.1. The second-order valence-corrected chi connectivity index (χ2v) is 7.33. The molecule has 2 atom stereocenters. The van der Waals surface area contributed by atoms with Crippen molar-refractivity contribution in [3.63, 3.8) is 0 Å². The van der Waals surface area contributed by atoms with Gasteiger partial charge >= 0.3 is 6.09 Å². The molecule has 0 aromatic heterocycles. The van der Waals surface area contributed by atoms with Crippen molar-refractivity contribution in [1.82, 2.24) is 4.90 Å². The molecule has 2 N–H and O–H groups in total. The molecule has 1 aromatic rings. The Bertz CT molecular complexity index is 643. The molecule has 1 saturated heterocycles. The van der Waals surface area contributed by atoms with Gasteiger partial charge in [-0.1, -0.05) is 0 Å². The fourth-order valence-corrected chi connectivity index (χ4v) is 2.73. The highest BCUT2D eigenvalue weighted by Gasteiger charge is 2.28. The van der Waals surface area contributed by atoms with Crippen molar-refractivity contribution in [3.8, 4) is 5.75 Å². The summed E-state index contributed by atoms with van der Waals surface area (Å²) < 4.78 is 10.8. The van der Waals surface area contributed by atoms with Crippen LogP contribution in [-0.4, -0.2) is 52.9 Å². The van der Waals surface area contributed by atoms with Gasteiger partial charge in [-0.25, -0.2) is 4.79 Å². The zero-order chi connectivity index (χ0) is 18.8. The first-order valence-corrected chi connectivity index (χ1v) is 8.33. The number of nitrogens with one attached hydrogen (secondary N) is 1. The van der Waals surface area contributed by atoms with E-state index in [1.807, 2.05) is 13.8 Å². The zero-order valence-corrected chi connectivity index (χ0v) is 15.3. The molecule has 2 rings (SSSR count). The number of phenols is 1. The molecule has 0 saturated carbocycles. The number of carbonyl (C=O) groups excluding carboxylic acids is 2. The van der Waals surface area contributed by atoms with Gasteiger partial charge in [-0.2, -0.15) is 0 Å². The standard InChI is InChI=1S/C18H26N2O5/c1-11-9-20(10-12(2)24-11)16(22)14-7-6-13(8-15(14)21)19-17(23)25-18(3,4)5/h6-8,11-12,21H,9-10H2,1-5H3,(H,19,23). The van der Waals surface area contributed by atoms with Crippen LogP contribution in [0.15, 0.2) is 18.2 Å². The van der Waals surface area contributed by atoms with E-state index < -0.39 is 11.7 Å². The van der Waals surface area contributed by atoms with E-state index in [-0.39, 0.29) is 29.4 Å². The Morgan fingerprint density at radius 1 is 1.24 bits per heavy atom. The monoisotopic (exact) mass is 350 g/mol. The van der Waals surface area contributed by atoms with E-state index in [1.165, 1.54) is 12.1 Å². The van der Waals surface area contributed by atoms with Crippen molar-refractivity contribution in [1.29, 1.82) is 0 Å². The number of nitrogens with zero attached hydrogens (tertiary/aromatic N) is 1. The van der Waals surface area contributed by atoms with Crippen LogP contribution < -0.4 is 5.32 Å². The van der Waals surface area contributed by atoms with E-state index in [4.69, 9.17) is 9.47 Å². The number of hydrogen-bond acceptors (Lipinski definition) is 5. The number of carbonyl (C=O) groups is 2. The van der Waals surface area contributed by atoms with E-state index in [2.05, 4.69) is 5.32 Å². The van der Waals surface area contributed by atoms with Gasteiger partial charge in [-0.3, -0.25) is 10.1 Å². The van der Waals surface area contributed by atoms with Gasteiger partial charge in [-0.15, -0.1) is 0 Å². The number of aromatic hydroxyl groups is 1. The molecule has 1 heterocycles. The topological polar surface area (TPSA) is 88.1 Å². The van der Waals surface area contributed by atoms with Crippen LogP contribution in [0.1, 0.15) is 45.0 Å². The van der Waals surface area contributed by atoms with Gasteiger partial charge in [0.1, 0.15) is 11.4 Å². The number of amides is 2. The van der Waals surface area contributed by atoms with Crippen molar-refractivity contribution in [2.75, 3.05) is 18.4 Å². The second kappa shape index (κ2) is 7.31. The summed E-state index contributed by atoms with van der Waals surface area (Å²) in [5, 5.41) is 12.7. The maximum absolute atomic E-state index is 12.6. The SMILES string of the molecule is CC1CN(C(=O)c2ccc(NC(=O)OC(C)(C)C)cc2O)CC(C)O1. The minimum atomic E-state index is -0.623. The van der Waals surface area contributed by atoms with Crippen LogP contribution >= 0.6 is 0 Å². The lowest BCUT2D eigenvalue weighted by atomic mass is 10.1. The molecule has 138 valence electrons. The third kappa shape index (κ3) is 5.35. The lowest BCUT2D eigenvalue weighted by Crippen LogP contribution is -2.48. The summed E-state index contributed by atoms with van der Waals surface area (Å²) in [6, 6.07) is 4.39. The number of morpholine rings is 1. The highest BCUT2D eigenvalue weighted by Crippen LogP contribution is 2.25. The molecule has 0 spiro atoms. The molecular weight excluding hydrogens is 324 g/mol. The average Bonchev–Trinajstić information content (AvgIpc) is 2.43. The Labute approximate surface area is 147 Å². The van der Waals surface area contributed by atoms with Crippen LogP contribution in [0.4, 0.5) is 10.5 Å². The van der Waals surface area contributed by atoms with Crippen molar-refractivity contribution < 1.29 is 24.2 Å². The molecule has 1 aromatic carbocycles. The summed E-state index contributed by atoms with van der Waals surface area (Å²) in [5.74, 6) is -0.450.